The first-order valence-electron chi connectivity index (χ1n) is 4.11. The summed E-state index contributed by atoms with van der Waals surface area (Å²) in [4.78, 5) is 12.2. The molecule has 0 fully saturated rings. The number of Topliss-reactive ketones (excluding diaryl/α,β-unsaturated/α-hetero) is 1. The second kappa shape index (κ2) is 5.19. The van der Waals surface area contributed by atoms with E-state index in [0.29, 0.717) is 11.4 Å². The molecule has 1 aromatic carbocycles. The van der Waals surface area contributed by atoms with Gasteiger partial charge in [-0.15, -0.1) is 24.2 Å². The molecule has 1 rings (SSSR count). The molecule has 0 spiro atoms. The van der Waals surface area contributed by atoms with Gasteiger partial charge in [-0.25, -0.2) is 0 Å². The molecule has 0 heterocycles. The minimum absolute atomic E-state index is 0.0484. The summed E-state index contributed by atoms with van der Waals surface area (Å²) in [6.07, 6.45) is 0. The van der Waals surface area contributed by atoms with E-state index in [1.54, 1.807) is 19.1 Å². The number of halogens is 2. The van der Waals surface area contributed by atoms with E-state index >= 15 is 0 Å². The van der Waals surface area contributed by atoms with E-state index < -0.39 is 0 Å². The standard InChI is InChI=1S/C10H10BrClOS/c1-6(11)10(13)8-2-7(5-12)3-9(14)4-8/h2-4,6,14H,5H2,1H3. The summed E-state index contributed by atoms with van der Waals surface area (Å²) in [7, 11) is 0. The second-order valence-corrected chi connectivity index (χ2v) is 5.16. The van der Waals surface area contributed by atoms with Gasteiger partial charge in [0, 0.05) is 16.3 Å². The van der Waals surface area contributed by atoms with E-state index in [1.165, 1.54) is 0 Å². The number of carbonyl (C=O) groups is 1. The normalized spacial score (nSPS) is 12.6. The zero-order valence-electron chi connectivity index (χ0n) is 7.63. The van der Waals surface area contributed by atoms with E-state index in [-0.39, 0.29) is 10.6 Å². The van der Waals surface area contributed by atoms with Crippen LogP contribution in [0.25, 0.3) is 0 Å². The van der Waals surface area contributed by atoms with Gasteiger partial charge in [0.15, 0.2) is 5.78 Å². The molecule has 1 unspecified atom stereocenters. The zero-order valence-corrected chi connectivity index (χ0v) is 10.9. The molecule has 0 aromatic heterocycles. The van der Waals surface area contributed by atoms with E-state index in [2.05, 4.69) is 28.6 Å². The molecular formula is C10H10BrClOS. The third kappa shape index (κ3) is 3.01. The predicted molar refractivity (Wildman–Crippen MR) is 66.0 cm³/mol. The van der Waals surface area contributed by atoms with Crippen LogP contribution < -0.4 is 0 Å². The fourth-order valence-corrected chi connectivity index (χ4v) is 1.85. The van der Waals surface area contributed by atoms with Crippen molar-refractivity contribution in [1.82, 2.24) is 0 Å². The Hall–Kier alpha value is 0.01000. The fraction of sp³-hybridized carbons (Fsp3) is 0.300. The van der Waals surface area contributed by atoms with E-state index in [4.69, 9.17) is 11.6 Å². The number of alkyl halides is 2. The molecule has 0 amide bonds. The number of ketones is 1. The maximum atomic E-state index is 11.6. The van der Waals surface area contributed by atoms with Gasteiger partial charge in [0.05, 0.1) is 4.83 Å². The Morgan fingerprint density at radius 2 is 2.21 bits per heavy atom. The SMILES string of the molecule is CC(Br)C(=O)c1cc(S)cc(CCl)c1. The van der Waals surface area contributed by atoms with Gasteiger partial charge in [0.1, 0.15) is 0 Å². The van der Waals surface area contributed by atoms with Crippen molar-refractivity contribution in [3.63, 3.8) is 0 Å². The van der Waals surface area contributed by atoms with Crippen LogP contribution in [0.2, 0.25) is 0 Å². The van der Waals surface area contributed by atoms with Crippen LogP contribution in [-0.4, -0.2) is 10.6 Å². The van der Waals surface area contributed by atoms with Crippen LogP contribution in [0.15, 0.2) is 23.1 Å². The lowest BCUT2D eigenvalue weighted by molar-refractivity contribution is 0.0995. The molecule has 0 aliphatic rings. The lowest BCUT2D eigenvalue weighted by Gasteiger charge is -2.05. The Bertz CT molecular complexity index is 352. The summed E-state index contributed by atoms with van der Waals surface area (Å²) in [5, 5.41) is 0. The Morgan fingerprint density at radius 1 is 1.57 bits per heavy atom. The van der Waals surface area contributed by atoms with Crippen LogP contribution in [0.3, 0.4) is 0 Å². The van der Waals surface area contributed by atoms with Crippen molar-refractivity contribution in [2.24, 2.45) is 0 Å². The Balaban J connectivity index is 3.09. The quantitative estimate of drug-likeness (QED) is 0.511. The first-order chi connectivity index (χ1) is 6.54. The number of thiol groups is 1. The molecule has 1 aromatic rings. The largest absolute Gasteiger partial charge is 0.293 e. The minimum atomic E-state index is -0.180. The third-order valence-corrected chi connectivity index (χ3v) is 2.76. The molecule has 76 valence electrons. The average Bonchev–Trinajstić information content (AvgIpc) is 2.15. The molecule has 0 bridgehead atoms. The number of hydrogen-bond donors (Lipinski definition) is 1. The van der Waals surface area contributed by atoms with Crippen molar-refractivity contribution in [2.45, 2.75) is 22.5 Å². The molecule has 0 radical (unpaired) electrons. The molecule has 4 heteroatoms. The van der Waals surface area contributed by atoms with Crippen molar-refractivity contribution in [2.75, 3.05) is 0 Å². The van der Waals surface area contributed by atoms with Gasteiger partial charge in [-0.05, 0) is 30.7 Å². The first kappa shape index (κ1) is 12.1. The molecule has 14 heavy (non-hydrogen) atoms. The lowest BCUT2D eigenvalue weighted by Crippen LogP contribution is -2.10. The summed E-state index contributed by atoms with van der Waals surface area (Å²) >= 11 is 13.2. The van der Waals surface area contributed by atoms with Gasteiger partial charge in [0.25, 0.3) is 0 Å². The first-order valence-corrected chi connectivity index (χ1v) is 6.01. The van der Waals surface area contributed by atoms with E-state index in [0.717, 1.165) is 10.5 Å². The highest BCUT2D eigenvalue weighted by atomic mass is 79.9. The molecule has 1 nitrogen and oxygen atoms in total. The van der Waals surface area contributed by atoms with Crippen molar-refractivity contribution < 1.29 is 4.79 Å². The lowest BCUT2D eigenvalue weighted by atomic mass is 10.1. The maximum absolute atomic E-state index is 11.6. The molecule has 0 N–H and O–H groups in total. The summed E-state index contributed by atoms with van der Waals surface area (Å²) in [6.45, 7) is 1.80. The number of carbonyl (C=O) groups excluding carboxylic acids is 1. The van der Waals surface area contributed by atoms with Crippen LogP contribution in [0.4, 0.5) is 0 Å². The van der Waals surface area contributed by atoms with Crippen LogP contribution in [0, 0.1) is 0 Å². The molecular weight excluding hydrogens is 284 g/mol. The smallest absolute Gasteiger partial charge is 0.176 e. The topological polar surface area (TPSA) is 17.1 Å². The highest BCUT2D eigenvalue weighted by Gasteiger charge is 2.12. The van der Waals surface area contributed by atoms with Gasteiger partial charge >= 0.3 is 0 Å². The Kier molecular flexibility index (Phi) is 4.48. The van der Waals surface area contributed by atoms with Crippen molar-refractivity contribution in [3.05, 3.63) is 29.3 Å². The molecule has 0 aliphatic carbocycles. The van der Waals surface area contributed by atoms with Gasteiger partial charge in [-0.3, -0.25) is 4.79 Å². The molecule has 1 atom stereocenters. The van der Waals surface area contributed by atoms with Crippen LogP contribution in [0.5, 0.6) is 0 Å². The van der Waals surface area contributed by atoms with E-state index in [9.17, 15) is 4.79 Å². The average molecular weight is 294 g/mol. The fourth-order valence-electron chi connectivity index (χ4n) is 1.12. The van der Waals surface area contributed by atoms with Crippen LogP contribution >= 0.6 is 40.2 Å². The van der Waals surface area contributed by atoms with Crippen LogP contribution in [0.1, 0.15) is 22.8 Å². The third-order valence-electron chi connectivity index (χ3n) is 1.78. The summed E-state index contributed by atoms with van der Waals surface area (Å²) in [6, 6.07) is 5.40. The Labute approximate surface area is 102 Å². The number of hydrogen-bond acceptors (Lipinski definition) is 2. The van der Waals surface area contributed by atoms with Gasteiger partial charge in [-0.2, -0.15) is 0 Å². The maximum Gasteiger partial charge on any atom is 0.176 e. The predicted octanol–water partition coefficient (Wildman–Crippen LogP) is 3.68. The minimum Gasteiger partial charge on any atom is -0.293 e. The van der Waals surface area contributed by atoms with E-state index in [1.807, 2.05) is 6.07 Å². The highest BCUT2D eigenvalue weighted by molar-refractivity contribution is 9.10. The summed E-state index contributed by atoms with van der Waals surface area (Å²) in [5.41, 5.74) is 1.56. The van der Waals surface area contributed by atoms with Gasteiger partial charge < -0.3 is 0 Å². The second-order valence-electron chi connectivity index (χ2n) is 3.00. The molecule has 0 aliphatic heterocycles. The van der Waals surface area contributed by atoms with Crippen molar-refractivity contribution in [1.29, 1.82) is 0 Å². The molecule has 0 saturated heterocycles. The monoisotopic (exact) mass is 292 g/mol. The highest BCUT2D eigenvalue weighted by Crippen LogP contribution is 2.18. The van der Waals surface area contributed by atoms with Crippen LogP contribution in [-0.2, 0) is 5.88 Å². The Morgan fingerprint density at radius 3 is 2.71 bits per heavy atom. The van der Waals surface area contributed by atoms with Gasteiger partial charge in [0.2, 0.25) is 0 Å². The molecule has 0 saturated carbocycles. The zero-order chi connectivity index (χ0) is 10.7. The summed E-state index contributed by atoms with van der Waals surface area (Å²) < 4.78 is 0. The van der Waals surface area contributed by atoms with Gasteiger partial charge in [-0.1, -0.05) is 15.9 Å². The van der Waals surface area contributed by atoms with Crippen molar-refractivity contribution in [3.8, 4) is 0 Å². The number of benzene rings is 1. The summed E-state index contributed by atoms with van der Waals surface area (Å²) in [5.74, 6) is 0.443. The van der Waals surface area contributed by atoms with Crippen molar-refractivity contribution >= 4 is 45.9 Å². The number of rotatable bonds is 3.